The highest BCUT2D eigenvalue weighted by atomic mass is 16.3. The highest BCUT2D eigenvalue weighted by Gasteiger charge is 2.13. The maximum absolute atomic E-state index is 9.75. The summed E-state index contributed by atoms with van der Waals surface area (Å²) in [4.78, 5) is 7.87. The quantitative estimate of drug-likeness (QED) is 0.778. The predicted octanol–water partition coefficient (Wildman–Crippen LogP) is 1.17. The van der Waals surface area contributed by atoms with E-state index in [1.165, 1.54) is 12.4 Å². The maximum Gasteiger partial charge on any atom is 0.182 e. The summed E-state index contributed by atoms with van der Waals surface area (Å²) in [6, 6.07) is 1.94. The van der Waals surface area contributed by atoms with Gasteiger partial charge >= 0.3 is 0 Å². The van der Waals surface area contributed by atoms with Crippen LogP contribution in [-0.2, 0) is 0 Å². The van der Waals surface area contributed by atoms with E-state index < -0.39 is 6.10 Å². The van der Waals surface area contributed by atoms with Gasteiger partial charge in [-0.1, -0.05) is 20.3 Å². The van der Waals surface area contributed by atoms with Crippen LogP contribution in [0, 0.1) is 17.2 Å². The summed E-state index contributed by atoms with van der Waals surface area (Å²) in [6.45, 7) is 4.38. The van der Waals surface area contributed by atoms with Gasteiger partial charge in [-0.3, -0.25) is 0 Å². The zero-order chi connectivity index (χ0) is 12.0. The Labute approximate surface area is 95.2 Å². The average Bonchev–Trinajstić information content (AvgIpc) is 2.35. The first-order valence-electron chi connectivity index (χ1n) is 5.32. The van der Waals surface area contributed by atoms with Crippen molar-refractivity contribution in [3.8, 4) is 6.07 Å². The summed E-state index contributed by atoms with van der Waals surface area (Å²) in [5.74, 6) is 0.641. The minimum Gasteiger partial charge on any atom is -0.391 e. The molecule has 1 aromatic heterocycles. The van der Waals surface area contributed by atoms with Gasteiger partial charge in [0.1, 0.15) is 6.07 Å². The van der Waals surface area contributed by atoms with Gasteiger partial charge in [-0.2, -0.15) is 5.26 Å². The van der Waals surface area contributed by atoms with Crippen LogP contribution in [-0.4, -0.2) is 27.7 Å². The smallest absolute Gasteiger partial charge is 0.182 e. The lowest BCUT2D eigenvalue weighted by atomic mass is 10.0. The molecule has 0 radical (unpaired) electrons. The number of aromatic nitrogens is 2. The van der Waals surface area contributed by atoms with Gasteiger partial charge in [0.2, 0.25) is 0 Å². The maximum atomic E-state index is 9.75. The molecule has 2 atom stereocenters. The lowest BCUT2D eigenvalue weighted by molar-refractivity contribution is 0.126. The number of nitrogens with one attached hydrogen (secondary N) is 1. The highest BCUT2D eigenvalue weighted by molar-refractivity contribution is 5.46. The topological polar surface area (TPSA) is 81.8 Å². The molecule has 1 aromatic rings. The summed E-state index contributed by atoms with van der Waals surface area (Å²) in [7, 11) is 0. The van der Waals surface area contributed by atoms with Gasteiger partial charge in [0.25, 0.3) is 0 Å². The Morgan fingerprint density at radius 1 is 1.50 bits per heavy atom. The fraction of sp³-hybridized carbons (Fsp3) is 0.545. The number of aliphatic hydroxyl groups is 1. The minimum atomic E-state index is -0.446. The average molecular weight is 220 g/mol. The van der Waals surface area contributed by atoms with Gasteiger partial charge in [0, 0.05) is 18.9 Å². The molecule has 16 heavy (non-hydrogen) atoms. The van der Waals surface area contributed by atoms with Gasteiger partial charge in [-0.25, -0.2) is 9.97 Å². The summed E-state index contributed by atoms with van der Waals surface area (Å²) in [5.41, 5.74) is 0.249. The normalized spacial score (nSPS) is 13.9. The first-order chi connectivity index (χ1) is 7.69. The Bertz CT molecular complexity index is 374. The molecule has 0 spiro atoms. The second-order valence-corrected chi connectivity index (χ2v) is 3.70. The summed E-state index contributed by atoms with van der Waals surface area (Å²) >= 11 is 0. The SMILES string of the molecule is CC[C@@H](C)[C@@H](O)CNc1nccnc1C#N. The number of nitrogens with zero attached hydrogens (tertiary/aromatic N) is 3. The monoisotopic (exact) mass is 220 g/mol. The van der Waals surface area contributed by atoms with Crippen molar-refractivity contribution in [2.45, 2.75) is 26.4 Å². The Morgan fingerprint density at radius 2 is 2.19 bits per heavy atom. The Kier molecular flexibility index (Phi) is 4.67. The van der Waals surface area contributed by atoms with E-state index in [1.807, 2.05) is 19.9 Å². The van der Waals surface area contributed by atoms with Crippen LogP contribution in [0.1, 0.15) is 26.0 Å². The second kappa shape index (κ2) is 6.03. The van der Waals surface area contributed by atoms with Crippen molar-refractivity contribution in [3.05, 3.63) is 18.1 Å². The molecule has 5 heteroatoms. The summed E-state index contributed by atoms with van der Waals surface area (Å²) < 4.78 is 0. The zero-order valence-corrected chi connectivity index (χ0v) is 9.51. The van der Waals surface area contributed by atoms with Crippen molar-refractivity contribution in [2.24, 2.45) is 5.92 Å². The largest absolute Gasteiger partial charge is 0.391 e. The number of nitriles is 1. The number of hydrogen-bond acceptors (Lipinski definition) is 5. The molecule has 1 rings (SSSR count). The molecule has 0 fully saturated rings. The van der Waals surface area contributed by atoms with E-state index in [4.69, 9.17) is 5.26 Å². The van der Waals surface area contributed by atoms with E-state index in [1.54, 1.807) is 0 Å². The molecule has 2 N–H and O–H groups in total. The first kappa shape index (κ1) is 12.4. The van der Waals surface area contributed by atoms with Crippen molar-refractivity contribution < 1.29 is 5.11 Å². The van der Waals surface area contributed by atoms with E-state index in [-0.39, 0.29) is 11.6 Å². The van der Waals surface area contributed by atoms with Gasteiger partial charge in [0.05, 0.1) is 6.10 Å². The molecule has 0 aliphatic heterocycles. The molecule has 0 aliphatic carbocycles. The fourth-order valence-corrected chi connectivity index (χ4v) is 1.22. The van der Waals surface area contributed by atoms with E-state index in [0.717, 1.165) is 6.42 Å². The molecule has 0 saturated heterocycles. The highest BCUT2D eigenvalue weighted by Crippen LogP contribution is 2.10. The third-order valence-corrected chi connectivity index (χ3v) is 2.58. The van der Waals surface area contributed by atoms with Gasteiger partial charge in [-0.15, -0.1) is 0 Å². The summed E-state index contributed by atoms with van der Waals surface area (Å²) in [6.07, 6.45) is 3.45. The van der Waals surface area contributed by atoms with Gasteiger partial charge in [-0.05, 0) is 5.92 Å². The Hall–Kier alpha value is -1.67. The standard InChI is InChI=1S/C11H16N4O/c1-3-8(2)10(16)7-15-11-9(6-12)13-4-5-14-11/h4-5,8,10,16H,3,7H2,1-2H3,(H,14,15)/t8-,10+/m1/s1. The van der Waals surface area contributed by atoms with E-state index in [2.05, 4.69) is 15.3 Å². The molecule has 0 saturated carbocycles. The first-order valence-corrected chi connectivity index (χ1v) is 5.32. The van der Waals surface area contributed by atoms with Crippen molar-refractivity contribution in [3.63, 3.8) is 0 Å². The molecule has 5 nitrogen and oxygen atoms in total. The summed E-state index contributed by atoms with van der Waals surface area (Å²) in [5, 5.41) is 21.5. The molecule has 0 bridgehead atoms. The molecular formula is C11H16N4O. The van der Waals surface area contributed by atoms with Crippen LogP contribution in [0.3, 0.4) is 0 Å². The van der Waals surface area contributed by atoms with Crippen LogP contribution >= 0.6 is 0 Å². The predicted molar refractivity (Wildman–Crippen MR) is 60.7 cm³/mol. The van der Waals surface area contributed by atoms with Crippen LogP contribution in [0.15, 0.2) is 12.4 Å². The minimum absolute atomic E-state index is 0.217. The van der Waals surface area contributed by atoms with Crippen LogP contribution in [0.25, 0.3) is 0 Å². The van der Waals surface area contributed by atoms with Gasteiger partial charge in [0.15, 0.2) is 11.5 Å². The molecule has 1 heterocycles. The zero-order valence-electron chi connectivity index (χ0n) is 9.51. The van der Waals surface area contributed by atoms with E-state index in [9.17, 15) is 5.11 Å². The Morgan fingerprint density at radius 3 is 2.81 bits per heavy atom. The number of rotatable bonds is 5. The van der Waals surface area contributed by atoms with Crippen LogP contribution in [0.4, 0.5) is 5.82 Å². The lowest BCUT2D eigenvalue weighted by Crippen LogP contribution is -2.26. The van der Waals surface area contributed by atoms with Crippen molar-refractivity contribution in [1.82, 2.24) is 9.97 Å². The number of anilines is 1. The van der Waals surface area contributed by atoms with Crippen molar-refractivity contribution >= 4 is 5.82 Å². The van der Waals surface area contributed by atoms with E-state index in [0.29, 0.717) is 12.4 Å². The van der Waals surface area contributed by atoms with Crippen LogP contribution in [0.2, 0.25) is 0 Å². The van der Waals surface area contributed by atoms with Crippen molar-refractivity contribution in [1.29, 1.82) is 5.26 Å². The molecule has 0 aromatic carbocycles. The van der Waals surface area contributed by atoms with Crippen molar-refractivity contribution in [2.75, 3.05) is 11.9 Å². The van der Waals surface area contributed by atoms with E-state index >= 15 is 0 Å². The third-order valence-electron chi connectivity index (χ3n) is 2.58. The lowest BCUT2D eigenvalue weighted by Gasteiger charge is -2.17. The fourth-order valence-electron chi connectivity index (χ4n) is 1.22. The van der Waals surface area contributed by atoms with Gasteiger partial charge < -0.3 is 10.4 Å². The van der Waals surface area contributed by atoms with Crippen LogP contribution in [0.5, 0.6) is 0 Å². The van der Waals surface area contributed by atoms with Crippen LogP contribution < -0.4 is 5.32 Å². The molecule has 0 amide bonds. The number of hydrogen-bond donors (Lipinski definition) is 2. The Balaban J connectivity index is 2.58. The third kappa shape index (κ3) is 3.17. The molecular weight excluding hydrogens is 204 g/mol. The molecule has 0 unspecified atom stereocenters. The second-order valence-electron chi connectivity index (χ2n) is 3.70. The molecule has 0 aliphatic rings. The number of aliphatic hydroxyl groups excluding tert-OH is 1. The molecule has 86 valence electrons.